The molecule has 1 aromatic carbocycles. The van der Waals surface area contributed by atoms with Crippen LogP contribution in [0.4, 0.5) is 5.69 Å². The minimum Gasteiger partial charge on any atom is -0.365 e. The van der Waals surface area contributed by atoms with Gasteiger partial charge in [0, 0.05) is 39.4 Å². The number of methoxy groups -OCH3 is 2. The van der Waals surface area contributed by atoms with Gasteiger partial charge in [-0.1, -0.05) is 18.2 Å². The largest absolute Gasteiger partial charge is 0.365 e. The number of nitrogens with zero attached hydrogens (tertiary/aromatic N) is 1. The van der Waals surface area contributed by atoms with Crippen LogP contribution in [-0.4, -0.2) is 39.1 Å². The summed E-state index contributed by atoms with van der Waals surface area (Å²) in [5.41, 5.74) is 6.99. The second-order valence-electron chi connectivity index (χ2n) is 4.89. The van der Waals surface area contributed by atoms with Crippen LogP contribution in [0.2, 0.25) is 0 Å². The predicted molar refractivity (Wildman–Crippen MR) is 79.3 cm³/mol. The number of para-hydroxylation sites is 1. The lowest BCUT2D eigenvalue weighted by atomic mass is 9.94. The molecular formula is C15H26N2O2. The fraction of sp³-hybridized carbons (Fsp3) is 0.600. The van der Waals surface area contributed by atoms with E-state index >= 15 is 0 Å². The van der Waals surface area contributed by atoms with E-state index < -0.39 is 0 Å². The van der Waals surface area contributed by atoms with E-state index in [1.54, 1.807) is 14.2 Å². The first kappa shape index (κ1) is 16.0. The molecule has 0 aliphatic heterocycles. The van der Waals surface area contributed by atoms with Crippen molar-refractivity contribution in [2.45, 2.75) is 32.1 Å². The summed E-state index contributed by atoms with van der Waals surface area (Å²) < 4.78 is 10.6. The van der Waals surface area contributed by atoms with Crippen LogP contribution >= 0.6 is 0 Å². The quantitative estimate of drug-likeness (QED) is 0.733. The van der Waals surface area contributed by atoms with Gasteiger partial charge >= 0.3 is 0 Å². The van der Waals surface area contributed by atoms with E-state index in [0.29, 0.717) is 6.54 Å². The standard InChI is InChI=1S/C15H26N2O2/c1-5-17(13-9-7-6-8-10-13)15(2,12-16)11-14(18-3)19-4/h6-10,14H,5,11-12,16H2,1-4H3. The van der Waals surface area contributed by atoms with Crippen molar-refractivity contribution in [1.82, 2.24) is 0 Å². The molecule has 0 aromatic heterocycles. The third-order valence-electron chi connectivity index (χ3n) is 3.61. The average molecular weight is 266 g/mol. The van der Waals surface area contributed by atoms with Gasteiger partial charge in [-0.2, -0.15) is 0 Å². The van der Waals surface area contributed by atoms with Gasteiger partial charge in [0.2, 0.25) is 0 Å². The summed E-state index contributed by atoms with van der Waals surface area (Å²) in [5.74, 6) is 0. The molecule has 108 valence electrons. The summed E-state index contributed by atoms with van der Waals surface area (Å²) in [6, 6.07) is 10.3. The Morgan fingerprint density at radius 1 is 1.21 bits per heavy atom. The van der Waals surface area contributed by atoms with Gasteiger partial charge < -0.3 is 20.1 Å². The van der Waals surface area contributed by atoms with Gasteiger partial charge in [0.15, 0.2) is 6.29 Å². The molecule has 1 atom stereocenters. The fourth-order valence-electron chi connectivity index (χ4n) is 2.41. The molecule has 0 bridgehead atoms. The fourth-order valence-corrected chi connectivity index (χ4v) is 2.41. The summed E-state index contributed by atoms with van der Waals surface area (Å²) >= 11 is 0. The number of benzene rings is 1. The number of likely N-dealkylation sites (N-methyl/N-ethyl adjacent to an activating group) is 1. The Kier molecular flexibility index (Phi) is 6.28. The van der Waals surface area contributed by atoms with Gasteiger partial charge in [-0.3, -0.25) is 0 Å². The molecule has 19 heavy (non-hydrogen) atoms. The Bertz CT molecular complexity index is 354. The van der Waals surface area contributed by atoms with Crippen molar-refractivity contribution in [2.24, 2.45) is 5.73 Å². The Morgan fingerprint density at radius 2 is 1.79 bits per heavy atom. The molecule has 0 saturated heterocycles. The highest BCUT2D eigenvalue weighted by Crippen LogP contribution is 2.27. The van der Waals surface area contributed by atoms with Gasteiger partial charge in [-0.05, 0) is 26.0 Å². The Morgan fingerprint density at radius 3 is 2.21 bits per heavy atom. The summed E-state index contributed by atoms with van der Waals surface area (Å²) in [6.45, 7) is 5.71. The average Bonchev–Trinajstić information content (AvgIpc) is 2.46. The third kappa shape index (κ3) is 3.93. The van der Waals surface area contributed by atoms with Crippen molar-refractivity contribution in [2.75, 3.05) is 32.2 Å². The molecule has 4 nitrogen and oxygen atoms in total. The lowest BCUT2D eigenvalue weighted by Gasteiger charge is -2.43. The highest BCUT2D eigenvalue weighted by Gasteiger charge is 2.33. The van der Waals surface area contributed by atoms with Gasteiger partial charge in [0.25, 0.3) is 0 Å². The maximum absolute atomic E-state index is 6.03. The summed E-state index contributed by atoms with van der Waals surface area (Å²) in [6.07, 6.45) is 0.477. The first-order valence-electron chi connectivity index (χ1n) is 6.69. The van der Waals surface area contributed by atoms with E-state index in [-0.39, 0.29) is 11.8 Å². The number of rotatable bonds is 8. The number of hydrogen-bond donors (Lipinski definition) is 1. The van der Waals surface area contributed by atoms with E-state index in [4.69, 9.17) is 15.2 Å². The highest BCUT2D eigenvalue weighted by molar-refractivity contribution is 5.48. The van der Waals surface area contributed by atoms with Gasteiger partial charge in [0.1, 0.15) is 0 Å². The molecule has 4 heteroatoms. The van der Waals surface area contributed by atoms with Crippen molar-refractivity contribution in [3.8, 4) is 0 Å². The zero-order valence-corrected chi connectivity index (χ0v) is 12.4. The van der Waals surface area contributed by atoms with Gasteiger partial charge in [0.05, 0.1) is 5.54 Å². The number of nitrogens with two attached hydrogens (primary N) is 1. The lowest BCUT2D eigenvalue weighted by molar-refractivity contribution is -0.115. The zero-order chi connectivity index (χ0) is 14.3. The first-order chi connectivity index (χ1) is 9.11. The molecular weight excluding hydrogens is 240 g/mol. The molecule has 0 spiro atoms. The van der Waals surface area contributed by atoms with Gasteiger partial charge in [-0.25, -0.2) is 0 Å². The maximum Gasteiger partial charge on any atom is 0.159 e. The smallest absolute Gasteiger partial charge is 0.159 e. The van der Waals surface area contributed by atoms with Crippen molar-refractivity contribution in [3.63, 3.8) is 0 Å². The maximum atomic E-state index is 6.03. The van der Waals surface area contributed by atoms with Crippen LogP contribution in [0.5, 0.6) is 0 Å². The second-order valence-corrected chi connectivity index (χ2v) is 4.89. The van der Waals surface area contributed by atoms with Crippen molar-refractivity contribution >= 4 is 5.69 Å². The van der Waals surface area contributed by atoms with Crippen LogP contribution in [0.25, 0.3) is 0 Å². The minimum atomic E-state index is -0.244. The van der Waals surface area contributed by atoms with E-state index in [2.05, 4.69) is 30.9 Å². The molecule has 2 N–H and O–H groups in total. The predicted octanol–water partition coefficient (Wildman–Crippen LogP) is 2.24. The monoisotopic (exact) mass is 266 g/mol. The highest BCUT2D eigenvalue weighted by atomic mass is 16.7. The zero-order valence-electron chi connectivity index (χ0n) is 12.4. The van der Waals surface area contributed by atoms with Crippen LogP contribution in [0, 0.1) is 0 Å². The van der Waals surface area contributed by atoms with Crippen LogP contribution in [0.1, 0.15) is 20.3 Å². The minimum absolute atomic E-state index is 0.202. The Balaban J connectivity index is 2.97. The molecule has 1 unspecified atom stereocenters. The van der Waals surface area contributed by atoms with Crippen LogP contribution < -0.4 is 10.6 Å². The second kappa shape index (κ2) is 7.48. The normalized spacial score (nSPS) is 14.4. The summed E-state index contributed by atoms with van der Waals surface area (Å²) in [7, 11) is 3.31. The molecule has 0 heterocycles. The SMILES string of the molecule is CCN(c1ccccc1)C(C)(CN)CC(OC)OC. The van der Waals surface area contributed by atoms with Crippen LogP contribution in [0.3, 0.4) is 0 Å². The molecule has 0 fully saturated rings. The Hall–Kier alpha value is -1.10. The molecule has 0 amide bonds. The van der Waals surface area contributed by atoms with Crippen molar-refractivity contribution < 1.29 is 9.47 Å². The topological polar surface area (TPSA) is 47.7 Å². The molecule has 0 aliphatic rings. The number of anilines is 1. The third-order valence-corrected chi connectivity index (χ3v) is 3.61. The van der Waals surface area contributed by atoms with Crippen LogP contribution in [-0.2, 0) is 9.47 Å². The lowest BCUT2D eigenvalue weighted by Crippen LogP contribution is -2.54. The van der Waals surface area contributed by atoms with Gasteiger partial charge in [-0.15, -0.1) is 0 Å². The Labute approximate surface area is 116 Å². The molecule has 0 saturated carbocycles. The van der Waals surface area contributed by atoms with Crippen molar-refractivity contribution in [1.29, 1.82) is 0 Å². The van der Waals surface area contributed by atoms with E-state index in [9.17, 15) is 0 Å². The molecule has 1 rings (SSSR count). The summed E-state index contributed by atoms with van der Waals surface area (Å²) in [5, 5.41) is 0. The number of hydrogen-bond acceptors (Lipinski definition) is 4. The molecule has 0 aliphatic carbocycles. The van der Waals surface area contributed by atoms with Crippen LogP contribution in [0.15, 0.2) is 30.3 Å². The van der Waals surface area contributed by atoms with E-state index in [1.165, 1.54) is 5.69 Å². The van der Waals surface area contributed by atoms with E-state index in [1.807, 2.05) is 18.2 Å². The molecule has 0 radical (unpaired) electrons. The van der Waals surface area contributed by atoms with E-state index in [0.717, 1.165) is 13.0 Å². The summed E-state index contributed by atoms with van der Waals surface area (Å²) in [4.78, 5) is 2.30. The number of ether oxygens (including phenoxy) is 2. The first-order valence-corrected chi connectivity index (χ1v) is 6.69. The van der Waals surface area contributed by atoms with Crippen molar-refractivity contribution in [3.05, 3.63) is 30.3 Å². The molecule has 1 aromatic rings.